The van der Waals surface area contributed by atoms with Crippen molar-refractivity contribution in [2.45, 2.75) is 27.3 Å². The molecular weight excluding hydrogens is 226 g/mol. The predicted molar refractivity (Wildman–Crippen MR) is 70.7 cm³/mol. The lowest BCUT2D eigenvalue weighted by molar-refractivity contribution is 0.453. The molecule has 0 saturated heterocycles. The quantitative estimate of drug-likeness (QED) is 0.900. The summed E-state index contributed by atoms with van der Waals surface area (Å²) in [5.41, 5.74) is 9.76. The molecule has 18 heavy (non-hydrogen) atoms. The average Bonchev–Trinajstić information content (AvgIpc) is 2.33. The molecule has 1 heterocycles. The van der Waals surface area contributed by atoms with Gasteiger partial charge >= 0.3 is 0 Å². The third-order valence-electron chi connectivity index (χ3n) is 2.74. The summed E-state index contributed by atoms with van der Waals surface area (Å²) >= 11 is 0. The summed E-state index contributed by atoms with van der Waals surface area (Å²) in [6, 6.07) is 5.89. The number of ether oxygens (including phenoxy) is 1. The highest BCUT2D eigenvalue weighted by atomic mass is 16.5. The summed E-state index contributed by atoms with van der Waals surface area (Å²) in [7, 11) is 0. The molecule has 4 heteroatoms. The zero-order valence-electron chi connectivity index (χ0n) is 10.9. The second kappa shape index (κ2) is 5.14. The Morgan fingerprint density at radius 3 is 2.28 bits per heavy atom. The van der Waals surface area contributed by atoms with Gasteiger partial charge in [0.1, 0.15) is 12.1 Å². The Kier molecular flexibility index (Phi) is 3.58. The van der Waals surface area contributed by atoms with Crippen LogP contribution in [0.15, 0.2) is 24.5 Å². The maximum atomic E-state index is 5.83. The third kappa shape index (κ3) is 2.65. The summed E-state index contributed by atoms with van der Waals surface area (Å²) in [4.78, 5) is 8.15. The normalized spacial score (nSPS) is 10.4. The molecule has 0 saturated carbocycles. The van der Waals surface area contributed by atoms with E-state index in [1.807, 2.05) is 39.0 Å². The summed E-state index contributed by atoms with van der Waals surface area (Å²) in [6.45, 7) is 6.46. The van der Waals surface area contributed by atoms with Crippen molar-refractivity contribution in [3.8, 4) is 11.6 Å². The van der Waals surface area contributed by atoms with Crippen LogP contribution in [0.3, 0.4) is 0 Å². The summed E-state index contributed by atoms with van der Waals surface area (Å²) in [5.74, 6) is 1.40. The first-order valence-electron chi connectivity index (χ1n) is 5.87. The Bertz CT molecular complexity index is 544. The highest BCUT2D eigenvalue weighted by Gasteiger charge is 2.08. The van der Waals surface area contributed by atoms with E-state index in [0.29, 0.717) is 12.4 Å². The van der Waals surface area contributed by atoms with Crippen LogP contribution in [-0.2, 0) is 6.54 Å². The minimum atomic E-state index is 0.536. The zero-order chi connectivity index (χ0) is 13.1. The first-order valence-corrected chi connectivity index (χ1v) is 5.87. The minimum Gasteiger partial charge on any atom is -0.438 e. The van der Waals surface area contributed by atoms with E-state index in [-0.39, 0.29) is 0 Å². The molecule has 0 unspecified atom stereocenters. The van der Waals surface area contributed by atoms with Crippen molar-refractivity contribution >= 4 is 0 Å². The summed E-state index contributed by atoms with van der Waals surface area (Å²) < 4.78 is 5.83. The van der Waals surface area contributed by atoms with Gasteiger partial charge in [-0.15, -0.1) is 0 Å². The highest BCUT2D eigenvalue weighted by Crippen LogP contribution is 2.28. The first-order chi connectivity index (χ1) is 8.60. The molecule has 0 aliphatic rings. The second-order valence-corrected chi connectivity index (χ2v) is 4.36. The Hall–Kier alpha value is -1.94. The van der Waals surface area contributed by atoms with Crippen LogP contribution in [0.5, 0.6) is 11.6 Å². The topological polar surface area (TPSA) is 61.0 Å². The molecule has 0 radical (unpaired) electrons. The standard InChI is InChI=1S/C14H17N3O/c1-9-4-12(7-15)5-10(2)14(9)18-13-6-11(3)16-8-17-13/h4-6,8H,7,15H2,1-3H3. The molecule has 0 atom stereocenters. The molecular formula is C14H17N3O. The Labute approximate surface area is 107 Å². The van der Waals surface area contributed by atoms with Gasteiger partial charge in [-0.25, -0.2) is 9.97 Å². The smallest absolute Gasteiger partial charge is 0.222 e. The SMILES string of the molecule is Cc1cc(Oc2c(C)cc(CN)cc2C)ncn1. The molecule has 2 rings (SSSR count). The lowest BCUT2D eigenvalue weighted by Crippen LogP contribution is -2.00. The van der Waals surface area contributed by atoms with Gasteiger partial charge in [0, 0.05) is 18.3 Å². The molecule has 0 amide bonds. The molecule has 1 aromatic carbocycles. The number of aryl methyl sites for hydroxylation is 3. The summed E-state index contributed by atoms with van der Waals surface area (Å²) in [5, 5.41) is 0. The maximum Gasteiger partial charge on any atom is 0.222 e. The van der Waals surface area contributed by atoms with Gasteiger partial charge < -0.3 is 10.5 Å². The lowest BCUT2D eigenvalue weighted by atomic mass is 10.1. The van der Waals surface area contributed by atoms with Gasteiger partial charge in [0.2, 0.25) is 5.88 Å². The van der Waals surface area contributed by atoms with E-state index in [1.54, 1.807) is 0 Å². The number of aromatic nitrogens is 2. The van der Waals surface area contributed by atoms with E-state index in [0.717, 1.165) is 28.1 Å². The van der Waals surface area contributed by atoms with Crippen LogP contribution in [0.25, 0.3) is 0 Å². The fourth-order valence-electron chi connectivity index (χ4n) is 1.91. The van der Waals surface area contributed by atoms with E-state index >= 15 is 0 Å². The van der Waals surface area contributed by atoms with Gasteiger partial charge in [-0.2, -0.15) is 0 Å². The Morgan fingerprint density at radius 2 is 1.72 bits per heavy atom. The van der Waals surface area contributed by atoms with Gasteiger partial charge in [0.25, 0.3) is 0 Å². The van der Waals surface area contributed by atoms with Crippen LogP contribution in [-0.4, -0.2) is 9.97 Å². The van der Waals surface area contributed by atoms with E-state index in [9.17, 15) is 0 Å². The zero-order valence-corrected chi connectivity index (χ0v) is 10.9. The van der Waals surface area contributed by atoms with Crippen molar-refractivity contribution in [2.24, 2.45) is 5.73 Å². The van der Waals surface area contributed by atoms with Crippen molar-refractivity contribution in [3.05, 3.63) is 46.9 Å². The van der Waals surface area contributed by atoms with Crippen molar-refractivity contribution in [2.75, 3.05) is 0 Å². The third-order valence-corrected chi connectivity index (χ3v) is 2.74. The molecule has 94 valence electrons. The molecule has 0 aliphatic carbocycles. The van der Waals surface area contributed by atoms with E-state index in [4.69, 9.17) is 10.5 Å². The molecule has 1 aromatic heterocycles. The molecule has 0 spiro atoms. The predicted octanol–water partition coefficient (Wildman–Crippen LogP) is 2.65. The lowest BCUT2D eigenvalue weighted by Gasteiger charge is -2.12. The van der Waals surface area contributed by atoms with Gasteiger partial charge in [-0.05, 0) is 37.5 Å². The van der Waals surface area contributed by atoms with Gasteiger partial charge in [0.15, 0.2) is 0 Å². The fraction of sp³-hybridized carbons (Fsp3) is 0.286. The van der Waals surface area contributed by atoms with Crippen molar-refractivity contribution in [3.63, 3.8) is 0 Å². The minimum absolute atomic E-state index is 0.536. The first kappa shape index (κ1) is 12.5. The van der Waals surface area contributed by atoms with Crippen LogP contribution in [0.1, 0.15) is 22.4 Å². The monoisotopic (exact) mass is 243 g/mol. The number of hydrogen-bond donors (Lipinski definition) is 1. The van der Waals surface area contributed by atoms with Crippen LogP contribution >= 0.6 is 0 Å². The molecule has 2 aromatic rings. The van der Waals surface area contributed by atoms with Crippen LogP contribution in [0, 0.1) is 20.8 Å². The van der Waals surface area contributed by atoms with Crippen LogP contribution in [0.2, 0.25) is 0 Å². The summed E-state index contributed by atoms with van der Waals surface area (Å²) in [6.07, 6.45) is 1.50. The molecule has 0 aliphatic heterocycles. The average molecular weight is 243 g/mol. The van der Waals surface area contributed by atoms with Crippen LogP contribution < -0.4 is 10.5 Å². The fourth-order valence-corrected chi connectivity index (χ4v) is 1.91. The number of rotatable bonds is 3. The largest absolute Gasteiger partial charge is 0.438 e. The molecule has 0 fully saturated rings. The Morgan fingerprint density at radius 1 is 1.06 bits per heavy atom. The van der Waals surface area contributed by atoms with Gasteiger partial charge in [0.05, 0.1) is 0 Å². The number of benzene rings is 1. The van der Waals surface area contributed by atoms with Crippen molar-refractivity contribution in [1.29, 1.82) is 0 Å². The molecule has 2 N–H and O–H groups in total. The number of nitrogens with zero attached hydrogens (tertiary/aromatic N) is 2. The Balaban J connectivity index is 2.35. The van der Waals surface area contributed by atoms with Gasteiger partial charge in [-0.1, -0.05) is 12.1 Å². The van der Waals surface area contributed by atoms with Gasteiger partial charge in [-0.3, -0.25) is 0 Å². The number of hydrogen-bond acceptors (Lipinski definition) is 4. The van der Waals surface area contributed by atoms with E-state index in [2.05, 4.69) is 9.97 Å². The van der Waals surface area contributed by atoms with Crippen molar-refractivity contribution in [1.82, 2.24) is 9.97 Å². The second-order valence-electron chi connectivity index (χ2n) is 4.36. The van der Waals surface area contributed by atoms with E-state index in [1.165, 1.54) is 6.33 Å². The number of nitrogens with two attached hydrogens (primary N) is 1. The highest BCUT2D eigenvalue weighted by molar-refractivity contribution is 5.45. The molecule has 0 bridgehead atoms. The van der Waals surface area contributed by atoms with Crippen LogP contribution in [0.4, 0.5) is 0 Å². The van der Waals surface area contributed by atoms with Crippen molar-refractivity contribution < 1.29 is 4.74 Å². The maximum absolute atomic E-state index is 5.83. The molecule has 4 nitrogen and oxygen atoms in total. The van der Waals surface area contributed by atoms with E-state index < -0.39 is 0 Å².